The molecule has 0 saturated carbocycles. The van der Waals surface area contributed by atoms with Crippen LogP contribution in [0.4, 0.5) is 0 Å². The standard InChI is InChI=1S/C19H24N2O2/c1-15(22)21(13-17-10-6-3-7-11-17)14-19(23)18(20)12-16-8-4-2-5-9-16/h2-11,18-19,23H,12-14,20H2,1H3/t18-,19-/m0/s1. The van der Waals surface area contributed by atoms with Gasteiger partial charge < -0.3 is 15.7 Å². The molecule has 0 saturated heterocycles. The van der Waals surface area contributed by atoms with E-state index in [-0.39, 0.29) is 12.5 Å². The molecular formula is C19H24N2O2. The summed E-state index contributed by atoms with van der Waals surface area (Å²) < 4.78 is 0. The molecular weight excluding hydrogens is 288 g/mol. The van der Waals surface area contributed by atoms with Crippen molar-refractivity contribution in [3.63, 3.8) is 0 Å². The molecule has 2 aromatic carbocycles. The predicted octanol–water partition coefficient (Wildman–Crippen LogP) is 1.97. The number of benzene rings is 2. The molecule has 0 bridgehead atoms. The Bertz CT molecular complexity index is 601. The molecule has 2 rings (SSSR count). The molecule has 0 aliphatic carbocycles. The highest BCUT2D eigenvalue weighted by molar-refractivity contribution is 5.73. The van der Waals surface area contributed by atoms with Crippen molar-refractivity contribution >= 4 is 5.91 Å². The van der Waals surface area contributed by atoms with Gasteiger partial charge in [0.2, 0.25) is 5.91 Å². The van der Waals surface area contributed by atoms with Crippen molar-refractivity contribution in [2.45, 2.75) is 32.0 Å². The third-order valence-electron chi connectivity index (χ3n) is 3.88. The van der Waals surface area contributed by atoms with Crippen LogP contribution in [0.1, 0.15) is 18.1 Å². The SMILES string of the molecule is CC(=O)N(Cc1ccccc1)C[C@H](O)[C@@H](N)Cc1ccccc1. The molecule has 3 N–H and O–H groups in total. The fourth-order valence-electron chi connectivity index (χ4n) is 2.49. The van der Waals surface area contributed by atoms with Crippen molar-refractivity contribution in [3.8, 4) is 0 Å². The summed E-state index contributed by atoms with van der Waals surface area (Å²) in [5, 5.41) is 10.4. The first-order valence-electron chi connectivity index (χ1n) is 7.83. The van der Waals surface area contributed by atoms with Gasteiger partial charge in [-0.15, -0.1) is 0 Å². The molecule has 0 aliphatic rings. The van der Waals surface area contributed by atoms with E-state index < -0.39 is 12.1 Å². The van der Waals surface area contributed by atoms with E-state index in [0.717, 1.165) is 11.1 Å². The molecule has 2 atom stereocenters. The van der Waals surface area contributed by atoms with Crippen LogP contribution in [0.5, 0.6) is 0 Å². The van der Waals surface area contributed by atoms with Gasteiger partial charge in [0, 0.05) is 26.1 Å². The summed E-state index contributed by atoms with van der Waals surface area (Å²) in [6.07, 6.45) is -0.179. The van der Waals surface area contributed by atoms with Gasteiger partial charge in [-0.3, -0.25) is 4.79 Å². The molecule has 4 nitrogen and oxygen atoms in total. The van der Waals surface area contributed by atoms with Crippen LogP contribution in [0.2, 0.25) is 0 Å². The Balaban J connectivity index is 1.94. The molecule has 0 aromatic heterocycles. The maximum Gasteiger partial charge on any atom is 0.219 e. The number of carbonyl (C=O) groups excluding carboxylic acids is 1. The monoisotopic (exact) mass is 312 g/mol. The summed E-state index contributed by atoms with van der Waals surface area (Å²) in [4.78, 5) is 13.5. The van der Waals surface area contributed by atoms with Gasteiger partial charge in [0.1, 0.15) is 0 Å². The van der Waals surface area contributed by atoms with E-state index >= 15 is 0 Å². The van der Waals surface area contributed by atoms with Crippen LogP contribution in [-0.2, 0) is 17.8 Å². The van der Waals surface area contributed by atoms with Gasteiger partial charge in [-0.2, -0.15) is 0 Å². The molecule has 0 unspecified atom stereocenters. The lowest BCUT2D eigenvalue weighted by Gasteiger charge is -2.27. The molecule has 0 heterocycles. The second-order valence-corrected chi connectivity index (χ2v) is 5.81. The van der Waals surface area contributed by atoms with Crippen LogP contribution >= 0.6 is 0 Å². The lowest BCUT2D eigenvalue weighted by molar-refractivity contribution is -0.131. The lowest BCUT2D eigenvalue weighted by atomic mass is 10.0. The minimum atomic E-state index is -0.761. The fraction of sp³-hybridized carbons (Fsp3) is 0.316. The highest BCUT2D eigenvalue weighted by atomic mass is 16.3. The lowest BCUT2D eigenvalue weighted by Crippen LogP contribution is -2.45. The third-order valence-corrected chi connectivity index (χ3v) is 3.88. The first-order valence-corrected chi connectivity index (χ1v) is 7.83. The summed E-state index contributed by atoms with van der Waals surface area (Å²) in [5.41, 5.74) is 8.22. The van der Waals surface area contributed by atoms with E-state index in [0.29, 0.717) is 13.0 Å². The quantitative estimate of drug-likeness (QED) is 0.821. The first-order chi connectivity index (χ1) is 11.1. The van der Waals surface area contributed by atoms with E-state index in [1.807, 2.05) is 60.7 Å². The van der Waals surface area contributed by atoms with Crippen molar-refractivity contribution < 1.29 is 9.90 Å². The van der Waals surface area contributed by atoms with Gasteiger partial charge in [0.15, 0.2) is 0 Å². The van der Waals surface area contributed by atoms with Crippen molar-refractivity contribution in [1.29, 1.82) is 0 Å². The van der Waals surface area contributed by atoms with E-state index in [2.05, 4.69) is 0 Å². The van der Waals surface area contributed by atoms with Gasteiger partial charge in [-0.05, 0) is 17.5 Å². The number of amides is 1. The second kappa shape index (κ2) is 8.46. The largest absolute Gasteiger partial charge is 0.390 e. The van der Waals surface area contributed by atoms with Crippen LogP contribution in [0, 0.1) is 0 Å². The Morgan fingerprint density at radius 3 is 2.09 bits per heavy atom. The number of aliphatic hydroxyl groups excluding tert-OH is 1. The molecule has 2 aromatic rings. The van der Waals surface area contributed by atoms with Gasteiger partial charge in [0.05, 0.1) is 6.10 Å². The third kappa shape index (κ3) is 5.51. The first kappa shape index (κ1) is 17.2. The topological polar surface area (TPSA) is 66.6 Å². The highest BCUT2D eigenvalue weighted by Gasteiger charge is 2.20. The minimum absolute atomic E-state index is 0.0696. The highest BCUT2D eigenvalue weighted by Crippen LogP contribution is 2.09. The maximum absolute atomic E-state index is 11.8. The Labute approximate surface area is 137 Å². The molecule has 0 radical (unpaired) electrons. The summed E-state index contributed by atoms with van der Waals surface area (Å²) in [5.74, 6) is -0.0696. The van der Waals surface area contributed by atoms with Crippen molar-refractivity contribution in [3.05, 3.63) is 71.8 Å². The van der Waals surface area contributed by atoms with Gasteiger partial charge in [0.25, 0.3) is 0 Å². The van der Waals surface area contributed by atoms with Crippen LogP contribution in [0.15, 0.2) is 60.7 Å². The Morgan fingerprint density at radius 2 is 1.57 bits per heavy atom. The van der Waals surface area contributed by atoms with Crippen LogP contribution < -0.4 is 5.73 Å². The normalized spacial score (nSPS) is 13.3. The zero-order chi connectivity index (χ0) is 16.7. The zero-order valence-electron chi connectivity index (χ0n) is 13.4. The van der Waals surface area contributed by atoms with Crippen molar-refractivity contribution in [2.24, 2.45) is 5.73 Å². The maximum atomic E-state index is 11.8. The molecule has 122 valence electrons. The Kier molecular flexibility index (Phi) is 6.32. The summed E-state index contributed by atoms with van der Waals surface area (Å²) >= 11 is 0. The number of aliphatic hydroxyl groups is 1. The fourth-order valence-corrected chi connectivity index (χ4v) is 2.49. The van der Waals surface area contributed by atoms with Crippen molar-refractivity contribution in [2.75, 3.05) is 6.54 Å². The van der Waals surface area contributed by atoms with E-state index in [1.54, 1.807) is 4.90 Å². The van der Waals surface area contributed by atoms with Crippen LogP contribution in [0.3, 0.4) is 0 Å². The smallest absolute Gasteiger partial charge is 0.219 e. The number of carbonyl (C=O) groups is 1. The average molecular weight is 312 g/mol. The second-order valence-electron chi connectivity index (χ2n) is 5.81. The minimum Gasteiger partial charge on any atom is -0.390 e. The number of rotatable bonds is 7. The number of nitrogens with zero attached hydrogens (tertiary/aromatic N) is 1. The number of hydrogen-bond donors (Lipinski definition) is 2. The summed E-state index contributed by atoms with van der Waals surface area (Å²) in [6, 6.07) is 19.1. The average Bonchev–Trinajstić information content (AvgIpc) is 2.56. The van der Waals surface area contributed by atoms with Crippen molar-refractivity contribution in [1.82, 2.24) is 4.90 Å². The zero-order valence-corrected chi connectivity index (χ0v) is 13.4. The van der Waals surface area contributed by atoms with E-state index in [1.165, 1.54) is 6.92 Å². The van der Waals surface area contributed by atoms with Gasteiger partial charge in [-0.1, -0.05) is 60.7 Å². The number of nitrogens with two attached hydrogens (primary N) is 1. The molecule has 1 amide bonds. The molecule has 23 heavy (non-hydrogen) atoms. The van der Waals surface area contributed by atoms with Crippen LogP contribution in [0.25, 0.3) is 0 Å². The molecule has 4 heteroatoms. The molecule has 0 aliphatic heterocycles. The summed E-state index contributed by atoms with van der Waals surface area (Å²) in [7, 11) is 0. The Morgan fingerprint density at radius 1 is 1.04 bits per heavy atom. The van der Waals surface area contributed by atoms with E-state index in [4.69, 9.17) is 5.73 Å². The van der Waals surface area contributed by atoms with Gasteiger partial charge >= 0.3 is 0 Å². The summed E-state index contributed by atoms with van der Waals surface area (Å²) in [6.45, 7) is 2.22. The molecule has 0 spiro atoms. The Hall–Kier alpha value is -2.17. The van der Waals surface area contributed by atoms with Gasteiger partial charge in [-0.25, -0.2) is 0 Å². The predicted molar refractivity (Wildman–Crippen MR) is 91.7 cm³/mol. The number of hydrogen-bond acceptors (Lipinski definition) is 3. The van der Waals surface area contributed by atoms with Crippen LogP contribution in [-0.4, -0.2) is 34.6 Å². The van der Waals surface area contributed by atoms with E-state index in [9.17, 15) is 9.90 Å². The molecule has 0 fully saturated rings.